The Balaban J connectivity index is 2.55. The minimum Gasteiger partial charge on any atom is -0.496 e. The molecule has 74 valence electrons. The molecule has 0 amide bonds. The van der Waals surface area contributed by atoms with Crippen LogP contribution in [0.1, 0.15) is 10.4 Å². The number of Topliss-reactive ketones (excluding diaryl/α,β-unsaturated/α-hetero) is 1. The topological polar surface area (TPSA) is 38.3 Å². The highest BCUT2D eigenvalue weighted by Crippen LogP contribution is 2.32. The highest BCUT2D eigenvalue weighted by Gasteiger charge is 2.27. The molecule has 1 heterocycles. The summed E-state index contributed by atoms with van der Waals surface area (Å²) < 4.78 is 5.15. The Labute approximate surface area is 90.6 Å². The summed E-state index contributed by atoms with van der Waals surface area (Å²) in [5.41, 5.74) is 1.49. The summed E-state index contributed by atoms with van der Waals surface area (Å²) >= 11 is 3.32. The number of halogens is 1. The first-order valence-corrected chi connectivity index (χ1v) is 5.24. The van der Waals surface area contributed by atoms with Crippen LogP contribution in [0.5, 0.6) is 5.75 Å². The first kappa shape index (κ1) is 9.52. The van der Waals surface area contributed by atoms with Crippen LogP contribution in [-0.4, -0.2) is 24.3 Å². The molecule has 3 nitrogen and oxygen atoms in total. The maximum Gasteiger partial charge on any atom is 0.184 e. The fourth-order valence-corrected chi connectivity index (χ4v) is 1.94. The summed E-state index contributed by atoms with van der Waals surface area (Å²) in [5.74, 6) is 0.709. The molecule has 0 fully saturated rings. The molecule has 1 aliphatic heterocycles. The molecule has 0 bridgehead atoms. The fraction of sp³-hybridized carbons (Fsp3) is 0.300. The minimum absolute atomic E-state index is 0.0798. The van der Waals surface area contributed by atoms with Crippen LogP contribution < -0.4 is 10.1 Å². The molecule has 1 aromatic rings. The third-order valence-electron chi connectivity index (χ3n) is 2.25. The smallest absolute Gasteiger partial charge is 0.184 e. The first-order chi connectivity index (χ1) is 6.74. The second-order valence-corrected chi connectivity index (χ2v) is 4.20. The zero-order valence-electron chi connectivity index (χ0n) is 7.71. The zero-order chi connectivity index (χ0) is 10.1. The van der Waals surface area contributed by atoms with Gasteiger partial charge in [0.2, 0.25) is 0 Å². The predicted molar refractivity (Wildman–Crippen MR) is 58.5 cm³/mol. The zero-order valence-corrected chi connectivity index (χ0v) is 9.30. The lowest BCUT2D eigenvalue weighted by atomic mass is 10.0. The van der Waals surface area contributed by atoms with Crippen LogP contribution in [-0.2, 0) is 0 Å². The van der Waals surface area contributed by atoms with E-state index in [9.17, 15) is 4.79 Å². The van der Waals surface area contributed by atoms with Crippen LogP contribution in [0.2, 0.25) is 0 Å². The van der Waals surface area contributed by atoms with Crippen LogP contribution in [0.4, 0.5) is 5.69 Å². The number of ketones is 1. The summed E-state index contributed by atoms with van der Waals surface area (Å²) in [6.45, 7) is 0.624. The molecule has 1 atom stereocenters. The number of fused-ring (bicyclic) bond motifs is 1. The third-order valence-corrected chi connectivity index (χ3v) is 2.99. The molecule has 0 saturated carbocycles. The number of anilines is 1. The second kappa shape index (κ2) is 3.61. The molecular formula is C10H10BrNO2. The van der Waals surface area contributed by atoms with E-state index in [0.29, 0.717) is 17.9 Å². The van der Waals surface area contributed by atoms with Crippen molar-refractivity contribution < 1.29 is 9.53 Å². The van der Waals surface area contributed by atoms with Crippen molar-refractivity contribution in [3.8, 4) is 5.75 Å². The summed E-state index contributed by atoms with van der Waals surface area (Å²) in [6, 6.07) is 5.55. The molecule has 0 spiro atoms. The number of ether oxygens (including phenoxy) is 1. The Kier molecular flexibility index (Phi) is 2.46. The predicted octanol–water partition coefficient (Wildman–Crippen LogP) is 2.07. The van der Waals surface area contributed by atoms with E-state index in [1.165, 1.54) is 0 Å². The maximum atomic E-state index is 11.8. The van der Waals surface area contributed by atoms with Gasteiger partial charge in [0.25, 0.3) is 0 Å². The lowest BCUT2D eigenvalue weighted by Gasteiger charge is -2.22. The molecule has 14 heavy (non-hydrogen) atoms. The van der Waals surface area contributed by atoms with E-state index in [1.54, 1.807) is 13.2 Å². The second-order valence-electron chi connectivity index (χ2n) is 3.10. The number of carbonyl (C=O) groups is 1. The Morgan fingerprint density at radius 2 is 2.36 bits per heavy atom. The van der Waals surface area contributed by atoms with Crippen molar-refractivity contribution in [2.24, 2.45) is 0 Å². The van der Waals surface area contributed by atoms with E-state index in [2.05, 4.69) is 21.2 Å². The quantitative estimate of drug-likeness (QED) is 0.781. The lowest BCUT2D eigenvalue weighted by Crippen LogP contribution is -2.30. The normalized spacial score (nSPS) is 19.9. The summed E-state index contributed by atoms with van der Waals surface area (Å²) in [4.78, 5) is 11.7. The summed E-state index contributed by atoms with van der Waals surface area (Å²) in [7, 11) is 1.57. The Morgan fingerprint density at radius 3 is 3.07 bits per heavy atom. The molecule has 1 aromatic carbocycles. The Hall–Kier alpha value is -1.03. The molecule has 1 unspecified atom stereocenters. The van der Waals surface area contributed by atoms with E-state index in [-0.39, 0.29) is 10.6 Å². The number of methoxy groups -OCH3 is 1. The van der Waals surface area contributed by atoms with Gasteiger partial charge in [-0.25, -0.2) is 0 Å². The highest BCUT2D eigenvalue weighted by molar-refractivity contribution is 9.10. The van der Waals surface area contributed by atoms with Crippen LogP contribution in [0.3, 0.4) is 0 Å². The number of nitrogens with one attached hydrogen (secondary N) is 1. The maximum absolute atomic E-state index is 11.8. The van der Waals surface area contributed by atoms with Crippen molar-refractivity contribution in [3.63, 3.8) is 0 Å². The first-order valence-electron chi connectivity index (χ1n) is 4.33. The summed E-state index contributed by atoms with van der Waals surface area (Å²) in [6.07, 6.45) is 0. The van der Waals surface area contributed by atoms with Gasteiger partial charge in [-0.05, 0) is 12.1 Å². The van der Waals surface area contributed by atoms with Crippen LogP contribution in [0.15, 0.2) is 18.2 Å². The van der Waals surface area contributed by atoms with Gasteiger partial charge in [-0.15, -0.1) is 0 Å². The molecule has 0 saturated heterocycles. The monoisotopic (exact) mass is 255 g/mol. The molecule has 4 heteroatoms. The van der Waals surface area contributed by atoms with Crippen molar-refractivity contribution in [2.45, 2.75) is 4.83 Å². The van der Waals surface area contributed by atoms with Gasteiger partial charge >= 0.3 is 0 Å². The van der Waals surface area contributed by atoms with Gasteiger partial charge in [0.1, 0.15) is 5.75 Å². The Morgan fingerprint density at radius 1 is 1.57 bits per heavy atom. The average molecular weight is 256 g/mol. The van der Waals surface area contributed by atoms with Gasteiger partial charge in [-0.1, -0.05) is 22.0 Å². The van der Waals surface area contributed by atoms with Gasteiger partial charge < -0.3 is 10.1 Å². The third kappa shape index (κ3) is 1.39. The van der Waals surface area contributed by atoms with Crippen LogP contribution >= 0.6 is 15.9 Å². The van der Waals surface area contributed by atoms with Crippen molar-refractivity contribution in [2.75, 3.05) is 19.0 Å². The number of carbonyl (C=O) groups excluding carboxylic acids is 1. The number of hydrogen-bond donors (Lipinski definition) is 1. The molecule has 0 aliphatic carbocycles. The van der Waals surface area contributed by atoms with Crippen LogP contribution in [0, 0.1) is 0 Å². The van der Waals surface area contributed by atoms with Crippen molar-refractivity contribution >= 4 is 27.4 Å². The van der Waals surface area contributed by atoms with Gasteiger partial charge in [0, 0.05) is 12.2 Å². The van der Waals surface area contributed by atoms with E-state index in [0.717, 1.165) is 5.69 Å². The highest BCUT2D eigenvalue weighted by atomic mass is 79.9. The van der Waals surface area contributed by atoms with Crippen molar-refractivity contribution in [3.05, 3.63) is 23.8 Å². The molecule has 0 radical (unpaired) electrons. The van der Waals surface area contributed by atoms with E-state index in [4.69, 9.17) is 4.74 Å². The van der Waals surface area contributed by atoms with E-state index < -0.39 is 0 Å². The molecule has 2 rings (SSSR count). The van der Waals surface area contributed by atoms with Crippen molar-refractivity contribution in [1.29, 1.82) is 0 Å². The lowest BCUT2D eigenvalue weighted by molar-refractivity contribution is 0.0989. The van der Waals surface area contributed by atoms with E-state index in [1.807, 2.05) is 12.1 Å². The number of alkyl halides is 1. The largest absolute Gasteiger partial charge is 0.496 e. The number of hydrogen-bond acceptors (Lipinski definition) is 3. The fourth-order valence-electron chi connectivity index (χ4n) is 1.55. The van der Waals surface area contributed by atoms with Gasteiger partial charge in [0.05, 0.1) is 17.5 Å². The number of benzene rings is 1. The SMILES string of the molecule is COc1cccc2c1C(=O)C(Br)CN2. The molecule has 1 N–H and O–H groups in total. The van der Waals surface area contributed by atoms with E-state index >= 15 is 0 Å². The molecular weight excluding hydrogens is 246 g/mol. The Bertz CT molecular complexity index is 364. The van der Waals surface area contributed by atoms with Gasteiger partial charge in [-0.2, -0.15) is 0 Å². The van der Waals surface area contributed by atoms with Gasteiger partial charge in [-0.3, -0.25) is 4.79 Å². The summed E-state index contributed by atoms with van der Waals surface area (Å²) in [5, 5.41) is 3.17. The van der Waals surface area contributed by atoms with Gasteiger partial charge in [0.15, 0.2) is 5.78 Å². The minimum atomic E-state index is -0.161. The standard InChI is InChI=1S/C10H10BrNO2/c1-14-8-4-2-3-7-9(8)10(13)6(11)5-12-7/h2-4,6,12H,5H2,1H3. The molecule has 0 aromatic heterocycles. The average Bonchev–Trinajstić information content (AvgIpc) is 2.23. The van der Waals surface area contributed by atoms with Crippen molar-refractivity contribution in [1.82, 2.24) is 0 Å². The molecule has 1 aliphatic rings. The van der Waals surface area contributed by atoms with Crippen LogP contribution in [0.25, 0.3) is 0 Å². The number of rotatable bonds is 1.